The zero-order chi connectivity index (χ0) is 16.1. The van der Waals surface area contributed by atoms with E-state index in [1.54, 1.807) is 24.2 Å². The number of ether oxygens (including phenoxy) is 1. The molecule has 0 radical (unpaired) electrons. The molecule has 0 spiro atoms. The maximum Gasteiger partial charge on any atom is 0.257 e. The van der Waals surface area contributed by atoms with Gasteiger partial charge in [0.05, 0.1) is 14.8 Å². The van der Waals surface area contributed by atoms with Gasteiger partial charge in [-0.3, -0.25) is 4.79 Å². The molecule has 22 heavy (non-hydrogen) atoms. The Morgan fingerprint density at radius 3 is 2.55 bits per heavy atom. The SMILES string of the molecule is C=CCN(CC=C)C(=O)c1c(I)n(COC)c2ccccc12. The third-order valence-electron chi connectivity index (χ3n) is 3.37. The Labute approximate surface area is 144 Å². The number of hydrogen-bond donors (Lipinski definition) is 0. The van der Waals surface area contributed by atoms with Gasteiger partial charge in [0.1, 0.15) is 6.73 Å². The molecule has 5 heteroatoms. The highest BCUT2D eigenvalue weighted by molar-refractivity contribution is 14.1. The monoisotopic (exact) mass is 410 g/mol. The molecule has 0 aliphatic rings. The fraction of sp³-hybridized carbons (Fsp3) is 0.235. The first kappa shape index (κ1) is 16.8. The van der Waals surface area contributed by atoms with E-state index in [9.17, 15) is 4.79 Å². The van der Waals surface area contributed by atoms with Gasteiger partial charge in [0.15, 0.2) is 0 Å². The Balaban J connectivity index is 2.58. The van der Waals surface area contributed by atoms with E-state index in [0.717, 1.165) is 14.6 Å². The number of methoxy groups -OCH3 is 1. The van der Waals surface area contributed by atoms with Gasteiger partial charge in [0, 0.05) is 25.6 Å². The zero-order valence-electron chi connectivity index (χ0n) is 12.6. The fourth-order valence-corrected chi connectivity index (χ4v) is 3.36. The largest absolute Gasteiger partial charge is 0.364 e. The lowest BCUT2D eigenvalue weighted by molar-refractivity contribution is 0.0790. The van der Waals surface area contributed by atoms with Gasteiger partial charge in [-0.15, -0.1) is 13.2 Å². The van der Waals surface area contributed by atoms with Crippen molar-refractivity contribution in [2.75, 3.05) is 20.2 Å². The van der Waals surface area contributed by atoms with Gasteiger partial charge in [-0.1, -0.05) is 30.4 Å². The lowest BCUT2D eigenvalue weighted by atomic mass is 10.1. The minimum absolute atomic E-state index is 0.0183. The average Bonchev–Trinajstić information content (AvgIpc) is 2.79. The summed E-state index contributed by atoms with van der Waals surface area (Å²) in [6.07, 6.45) is 3.45. The summed E-state index contributed by atoms with van der Waals surface area (Å²) >= 11 is 2.21. The fourth-order valence-electron chi connectivity index (χ4n) is 2.44. The van der Waals surface area contributed by atoms with Crippen LogP contribution in [0.25, 0.3) is 10.9 Å². The van der Waals surface area contributed by atoms with Crippen molar-refractivity contribution in [1.82, 2.24) is 9.47 Å². The molecule has 2 aromatic rings. The summed E-state index contributed by atoms with van der Waals surface area (Å²) in [6.45, 7) is 8.84. The number of nitrogens with zero attached hydrogens (tertiary/aromatic N) is 2. The summed E-state index contributed by atoms with van der Waals surface area (Å²) in [4.78, 5) is 14.7. The van der Waals surface area contributed by atoms with Crippen LogP contribution < -0.4 is 0 Å². The number of rotatable bonds is 7. The summed E-state index contributed by atoms with van der Waals surface area (Å²) in [7, 11) is 1.65. The van der Waals surface area contributed by atoms with Gasteiger partial charge in [-0.25, -0.2) is 0 Å². The highest BCUT2D eigenvalue weighted by atomic mass is 127. The van der Waals surface area contributed by atoms with Crippen LogP contribution in [0.4, 0.5) is 0 Å². The second-order valence-corrected chi connectivity index (χ2v) is 5.84. The highest BCUT2D eigenvalue weighted by Crippen LogP contribution is 2.28. The zero-order valence-corrected chi connectivity index (χ0v) is 14.7. The molecule has 0 saturated heterocycles. The molecule has 0 fully saturated rings. The summed E-state index contributed by atoms with van der Waals surface area (Å²) < 4.78 is 8.15. The predicted octanol–water partition coefficient (Wildman–Crippen LogP) is 3.66. The van der Waals surface area contributed by atoms with Crippen LogP contribution in [0.15, 0.2) is 49.6 Å². The third-order valence-corrected chi connectivity index (χ3v) is 4.49. The van der Waals surface area contributed by atoms with Crippen molar-refractivity contribution in [3.8, 4) is 0 Å². The van der Waals surface area contributed by atoms with Gasteiger partial charge in [0.25, 0.3) is 5.91 Å². The van der Waals surface area contributed by atoms with Crippen LogP contribution in [0.5, 0.6) is 0 Å². The Kier molecular flexibility index (Phi) is 5.79. The van der Waals surface area contributed by atoms with Gasteiger partial charge in [-0.2, -0.15) is 0 Å². The molecule has 0 unspecified atom stereocenters. The molecule has 0 aliphatic heterocycles. The molecule has 1 amide bonds. The number of halogens is 1. The summed E-state index contributed by atoms with van der Waals surface area (Å²) in [5.74, 6) is -0.0183. The molecule has 0 saturated carbocycles. The number of amides is 1. The first-order valence-corrected chi connectivity index (χ1v) is 8.00. The van der Waals surface area contributed by atoms with Crippen molar-refractivity contribution in [2.45, 2.75) is 6.73 Å². The second kappa shape index (κ2) is 7.60. The number of benzene rings is 1. The number of aromatic nitrogens is 1. The molecular formula is C17H19IN2O2. The number of hydrogen-bond acceptors (Lipinski definition) is 2. The summed E-state index contributed by atoms with van der Waals surface area (Å²) in [5, 5.41) is 0.937. The minimum atomic E-state index is -0.0183. The Hall–Kier alpha value is -1.60. The van der Waals surface area contributed by atoms with Crippen molar-refractivity contribution >= 4 is 39.4 Å². The second-order valence-electron chi connectivity index (χ2n) is 4.82. The van der Waals surface area contributed by atoms with Crippen molar-refractivity contribution in [2.24, 2.45) is 0 Å². The molecule has 0 atom stereocenters. The van der Waals surface area contributed by atoms with E-state index in [-0.39, 0.29) is 5.91 Å². The highest BCUT2D eigenvalue weighted by Gasteiger charge is 2.24. The van der Waals surface area contributed by atoms with Crippen LogP contribution in [0.2, 0.25) is 0 Å². The van der Waals surface area contributed by atoms with Gasteiger partial charge in [0.2, 0.25) is 0 Å². The Morgan fingerprint density at radius 1 is 1.32 bits per heavy atom. The van der Waals surface area contributed by atoms with Crippen LogP contribution in [0, 0.1) is 3.70 Å². The van der Waals surface area contributed by atoms with Crippen molar-refractivity contribution < 1.29 is 9.53 Å². The lowest BCUT2D eigenvalue weighted by Gasteiger charge is -2.19. The van der Waals surface area contributed by atoms with E-state index in [4.69, 9.17) is 4.74 Å². The molecule has 0 N–H and O–H groups in total. The van der Waals surface area contributed by atoms with Crippen LogP contribution in [-0.2, 0) is 11.5 Å². The smallest absolute Gasteiger partial charge is 0.257 e. The average molecular weight is 410 g/mol. The standard InChI is InChI=1S/C17H19IN2O2/c1-4-10-19(11-5-2)17(21)15-13-8-6-7-9-14(13)20(12-22-3)16(15)18/h4-9H,1-2,10-12H2,3H3. The number of carbonyl (C=O) groups excluding carboxylic acids is 1. The molecule has 0 bridgehead atoms. The van der Waals surface area contributed by atoms with Crippen LogP contribution in [0.3, 0.4) is 0 Å². The Morgan fingerprint density at radius 2 is 1.95 bits per heavy atom. The normalized spacial score (nSPS) is 10.6. The molecule has 1 aromatic carbocycles. The van der Waals surface area contributed by atoms with Gasteiger partial charge < -0.3 is 14.2 Å². The summed E-state index contributed by atoms with van der Waals surface area (Å²) in [5.41, 5.74) is 1.70. The maximum absolute atomic E-state index is 12.9. The van der Waals surface area contributed by atoms with E-state index in [1.807, 2.05) is 28.8 Å². The van der Waals surface area contributed by atoms with Gasteiger partial charge in [-0.05, 0) is 28.7 Å². The number of para-hydroxylation sites is 1. The van der Waals surface area contributed by atoms with Crippen LogP contribution in [-0.4, -0.2) is 35.6 Å². The molecule has 4 nitrogen and oxygen atoms in total. The molecule has 2 rings (SSSR count). The Bertz CT molecular complexity index is 696. The first-order chi connectivity index (χ1) is 10.7. The molecule has 116 valence electrons. The topological polar surface area (TPSA) is 34.5 Å². The quantitative estimate of drug-likeness (QED) is 0.516. The van der Waals surface area contributed by atoms with Gasteiger partial charge >= 0.3 is 0 Å². The number of carbonyl (C=O) groups is 1. The lowest BCUT2D eigenvalue weighted by Crippen LogP contribution is -2.31. The number of fused-ring (bicyclic) bond motifs is 1. The molecule has 1 heterocycles. The maximum atomic E-state index is 12.9. The van der Waals surface area contributed by atoms with E-state index in [2.05, 4.69) is 35.7 Å². The van der Waals surface area contributed by atoms with Crippen molar-refractivity contribution in [3.63, 3.8) is 0 Å². The third kappa shape index (κ3) is 3.10. The van der Waals surface area contributed by atoms with Crippen LogP contribution in [0.1, 0.15) is 10.4 Å². The minimum Gasteiger partial charge on any atom is -0.364 e. The summed E-state index contributed by atoms with van der Waals surface area (Å²) in [6, 6.07) is 7.87. The van der Waals surface area contributed by atoms with Crippen molar-refractivity contribution in [1.29, 1.82) is 0 Å². The molecule has 0 aliphatic carbocycles. The van der Waals surface area contributed by atoms with E-state index < -0.39 is 0 Å². The van der Waals surface area contributed by atoms with Crippen molar-refractivity contribution in [3.05, 3.63) is 58.8 Å². The predicted molar refractivity (Wildman–Crippen MR) is 98.0 cm³/mol. The molecular weight excluding hydrogens is 391 g/mol. The van der Waals surface area contributed by atoms with E-state index >= 15 is 0 Å². The van der Waals surface area contributed by atoms with E-state index in [0.29, 0.717) is 25.4 Å². The van der Waals surface area contributed by atoms with E-state index in [1.165, 1.54) is 0 Å². The molecule has 1 aromatic heterocycles. The first-order valence-electron chi connectivity index (χ1n) is 6.92. The van der Waals surface area contributed by atoms with Crippen LogP contribution >= 0.6 is 22.6 Å².